The van der Waals surface area contributed by atoms with E-state index in [4.69, 9.17) is 0 Å². The van der Waals surface area contributed by atoms with Crippen LogP contribution in [0.25, 0.3) is 0 Å². The summed E-state index contributed by atoms with van der Waals surface area (Å²) in [6.45, 7) is 1.70. The summed E-state index contributed by atoms with van der Waals surface area (Å²) in [5, 5.41) is 12.1. The van der Waals surface area contributed by atoms with Crippen LogP contribution in [0.2, 0.25) is 0 Å². The number of nitrogens with zero attached hydrogens (tertiary/aromatic N) is 1. The van der Waals surface area contributed by atoms with Crippen molar-refractivity contribution in [3.8, 4) is 5.75 Å². The molecule has 0 bridgehead atoms. The first kappa shape index (κ1) is 13.5. The minimum absolute atomic E-state index is 0.116. The number of unbranched alkanes of at least 4 members (excludes halogenated alkanes) is 1. The van der Waals surface area contributed by atoms with Gasteiger partial charge in [0.1, 0.15) is 5.75 Å². The second-order valence-corrected chi connectivity index (χ2v) is 4.32. The molecule has 1 rings (SSSR count). The van der Waals surface area contributed by atoms with E-state index in [0.29, 0.717) is 12.1 Å². The number of aromatic hydroxyl groups is 1. The van der Waals surface area contributed by atoms with Crippen LogP contribution in [0.1, 0.15) is 23.2 Å². The SMILES string of the molecule is CN(C)CCCCNC(=O)c1cccc(O)c1. The van der Waals surface area contributed by atoms with Gasteiger partial charge in [0.2, 0.25) is 0 Å². The summed E-state index contributed by atoms with van der Waals surface area (Å²) in [6.07, 6.45) is 2.02. The van der Waals surface area contributed by atoms with Gasteiger partial charge in [-0.2, -0.15) is 0 Å². The van der Waals surface area contributed by atoms with Crippen LogP contribution in [0.5, 0.6) is 5.75 Å². The predicted octanol–water partition coefficient (Wildman–Crippen LogP) is 1.46. The van der Waals surface area contributed by atoms with E-state index in [1.54, 1.807) is 18.2 Å². The topological polar surface area (TPSA) is 52.6 Å². The molecule has 0 saturated heterocycles. The van der Waals surface area contributed by atoms with Crippen molar-refractivity contribution in [3.05, 3.63) is 29.8 Å². The van der Waals surface area contributed by atoms with E-state index in [-0.39, 0.29) is 11.7 Å². The van der Waals surface area contributed by atoms with E-state index in [1.165, 1.54) is 6.07 Å². The van der Waals surface area contributed by atoms with Crippen LogP contribution in [0.3, 0.4) is 0 Å². The summed E-state index contributed by atoms with van der Waals surface area (Å²) in [6, 6.07) is 6.37. The third-order valence-corrected chi connectivity index (χ3v) is 2.43. The Morgan fingerprint density at radius 2 is 2.12 bits per heavy atom. The highest BCUT2D eigenvalue weighted by molar-refractivity contribution is 5.94. The molecule has 0 radical (unpaired) electrons. The molecule has 17 heavy (non-hydrogen) atoms. The van der Waals surface area contributed by atoms with E-state index >= 15 is 0 Å². The molecule has 2 N–H and O–H groups in total. The number of hydrogen-bond acceptors (Lipinski definition) is 3. The first-order valence-electron chi connectivity index (χ1n) is 5.81. The van der Waals surface area contributed by atoms with Crippen LogP contribution in [-0.4, -0.2) is 43.1 Å². The van der Waals surface area contributed by atoms with Crippen LogP contribution < -0.4 is 5.32 Å². The van der Waals surface area contributed by atoms with Gasteiger partial charge in [0.15, 0.2) is 0 Å². The van der Waals surface area contributed by atoms with E-state index < -0.39 is 0 Å². The van der Waals surface area contributed by atoms with Crippen molar-refractivity contribution in [2.24, 2.45) is 0 Å². The molecule has 0 aliphatic heterocycles. The second kappa shape index (κ2) is 6.91. The maximum Gasteiger partial charge on any atom is 0.251 e. The van der Waals surface area contributed by atoms with Gasteiger partial charge >= 0.3 is 0 Å². The van der Waals surface area contributed by atoms with Gasteiger partial charge in [0.25, 0.3) is 5.91 Å². The number of benzene rings is 1. The predicted molar refractivity (Wildman–Crippen MR) is 68.2 cm³/mol. The molecule has 0 spiro atoms. The highest BCUT2D eigenvalue weighted by atomic mass is 16.3. The Hall–Kier alpha value is -1.55. The third-order valence-electron chi connectivity index (χ3n) is 2.43. The minimum Gasteiger partial charge on any atom is -0.508 e. The van der Waals surface area contributed by atoms with Crippen LogP contribution in [0.15, 0.2) is 24.3 Å². The van der Waals surface area contributed by atoms with Crippen molar-refractivity contribution in [3.63, 3.8) is 0 Å². The summed E-state index contributed by atoms with van der Waals surface area (Å²) in [7, 11) is 4.07. The number of carbonyl (C=O) groups excluding carboxylic acids is 1. The smallest absolute Gasteiger partial charge is 0.251 e. The van der Waals surface area contributed by atoms with Gasteiger partial charge in [-0.15, -0.1) is 0 Å². The van der Waals surface area contributed by atoms with Crippen molar-refractivity contribution in [2.45, 2.75) is 12.8 Å². The lowest BCUT2D eigenvalue weighted by atomic mass is 10.2. The van der Waals surface area contributed by atoms with Gasteiger partial charge in [-0.3, -0.25) is 4.79 Å². The van der Waals surface area contributed by atoms with E-state index in [1.807, 2.05) is 14.1 Å². The number of carbonyl (C=O) groups is 1. The van der Waals surface area contributed by atoms with Gasteiger partial charge in [-0.1, -0.05) is 6.07 Å². The molecule has 0 aliphatic carbocycles. The van der Waals surface area contributed by atoms with Crippen LogP contribution in [0.4, 0.5) is 0 Å². The van der Waals surface area contributed by atoms with Gasteiger partial charge in [-0.05, 0) is 51.7 Å². The maximum atomic E-state index is 11.7. The molecule has 0 aromatic heterocycles. The zero-order chi connectivity index (χ0) is 12.7. The average molecular weight is 236 g/mol. The molecule has 0 unspecified atom stereocenters. The number of rotatable bonds is 6. The zero-order valence-electron chi connectivity index (χ0n) is 10.4. The number of amides is 1. The fourth-order valence-electron chi connectivity index (χ4n) is 1.50. The first-order chi connectivity index (χ1) is 8.09. The Labute approximate surface area is 102 Å². The molecule has 0 atom stereocenters. The molecule has 1 amide bonds. The lowest BCUT2D eigenvalue weighted by molar-refractivity contribution is 0.0952. The Morgan fingerprint density at radius 3 is 2.76 bits per heavy atom. The van der Waals surface area contributed by atoms with Crippen molar-refractivity contribution >= 4 is 5.91 Å². The largest absolute Gasteiger partial charge is 0.508 e. The van der Waals surface area contributed by atoms with Gasteiger partial charge in [0, 0.05) is 12.1 Å². The standard InChI is InChI=1S/C13H20N2O2/c1-15(2)9-4-3-8-14-13(17)11-6-5-7-12(16)10-11/h5-7,10,16H,3-4,8-9H2,1-2H3,(H,14,17). The molecular formula is C13H20N2O2. The molecule has 0 fully saturated rings. The summed E-state index contributed by atoms with van der Waals surface area (Å²) < 4.78 is 0. The molecule has 94 valence electrons. The quantitative estimate of drug-likeness (QED) is 0.735. The molecular weight excluding hydrogens is 216 g/mol. The zero-order valence-corrected chi connectivity index (χ0v) is 10.4. The van der Waals surface area contributed by atoms with Crippen LogP contribution in [-0.2, 0) is 0 Å². The minimum atomic E-state index is -0.134. The summed E-state index contributed by atoms with van der Waals surface area (Å²) in [4.78, 5) is 13.8. The number of phenolic OH excluding ortho intramolecular Hbond substituents is 1. The lowest BCUT2D eigenvalue weighted by Crippen LogP contribution is -2.25. The molecule has 4 heteroatoms. The molecule has 4 nitrogen and oxygen atoms in total. The van der Waals surface area contributed by atoms with E-state index in [0.717, 1.165) is 19.4 Å². The normalized spacial score (nSPS) is 10.5. The number of nitrogens with one attached hydrogen (secondary N) is 1. The highest BCUT2D eigenvalue weighted by Gasteiger charge is 2.04. The Balaban J connectivity index is 2.26. The molecule has 0 saturated carbocycles. The molecule has 0 heterocycles. The highest BCUT2D eigenvalue weighted by Crippen LogP contribution is 2.10. The van der Waals surface area contributed by atoms with Gasteiger partial charge in [0.05, 0.1) is 0 Å². The summed E-state index contributed by atoms with van der Waals surface area (Å²) >= 11 is 0. The Kier molecular flexibility index (Phi) is 5.49. The van der Waals surface area contributed by atoms with Gasteiger partial charge < -0.3 is 15.3 Å². The fraction of sp³-hybridized carbons (Fsp3) is 0.462. The average Bonchev–Trinajstić information content (AvgIpc) is 2.28. The maximum absolute atomic E-state index is 11.7. The van der Waals surface area contributed by atoms with Crippen LogP contribution >= 0.6 is 0 Å². The van der Waals surface area contributed by atoms with Crippen molar-refractivity contribution in [2.75, 3.05) is 27.2 Å². The molecule has 0 aliphatic rings. The van der Waals surface area contributed by atoms with E-state index in [9.17, 15) is 9.90 Å². The first-order valence-corrected chi connectivity index (χ1v) is 5.81. The number of phenols is 1. The van der Waals surface area contributed by atoms with Gasteiger partial charge in [-0.25, -0.2) is 0 Å². The van der Waals surface area contributed by atoms with Crippen molar-refractivity contribution in [1.82, 2.24) is 10.2 Å². The Bertz CT molecular complexity index is 364. The lowest BCUT2D eigenvalue weighted by Gasteiger charge is -2.09. The summed E-state index contributed by atoms with van der Waals surface area (Å²) in [5.41, 5.74) is 0.498. The van der Waals surface area contributed by atoms with Crippen molar-refractivity contribution < 1.29 is 9.90 Å². The molecule has 1 aromatic rings. The fourth-order valence-corrected chi connectivity index (χ4v) is 1.50. The monoisotopic (exact) mass is 236 g/mol. The second-order valence-electron chi connectivity index (χ2n) is 4.32. The summed E-state index contributed by atoms with van der Waals surface area (Å²) in [5.74, 6) is -0.0176. The third kappa shape index (κ3) is 5.36. The van der Waals surface area contributed by atoms with E-state index in [2.05, 4.69) is 10.2 Å². The Morgan fingerprint density at radius 1 is 1.35 bits per heavy atom. The van der Waals surface area contributed by atoms with Crippen LogP contribution in [0, 0.1) is 0 Å². The van der Waals surface area contributed by atoms with Crippen molar-refractivity contribution in [1.29, 1.82) is 0 Å². The number of hydrogen-bond donors (Lipinski definition) is 2. The molecule has 1 aromatic carbocycles.